The minimum absolute atomic E-state index is 0.237. The van der Waals surface area contributed by atoms with E-state index >= 15 is 0 Å². The van der Waals surface area contributed by atoms with Gasteiger partial charge in [-0.15, -0.1) is 0 Å². The summed E-state index contributed by atoms with van der Waals surface area (Å²) in [5.74, 6) is 10.6. The smallest absolute Gasteiger partial charge is 0.250 e. The van der Waals surface area contributed by atoms with Crippen molar-refractivity contribution in [1.29, 1.82) is 0 Å². The highest BCUT2D eigenvalue weighted by Gasteiger charge is 2.12. The Morgan fingerprint density at radius 3 is 2.68 bits per heavy atom. The molecule has 0 fully saturated rings. The van der Waals surface area contributed by atoms with E-state index in [1.807, 2.05) is 0 Å². The maximum absolute atomic E-state index is 11.9. The van der Waals surface area contributed by atoms with E-state index in [0.29, 0.717) is 21.8 Å². The number of nitrogens with two attached hydrogens (primary N) is 2. The van der Waals surface area contributed by atoms with Crippen molar-refractivity contribution >= 4 is 29.0 Å². The zero-order valence-corrected chi connectivity index (χ0v) is 11.5. The molecule has 7 heteroatoms. The molecular weight excluding hydrogens is 266 g/mol. The first-order valence-corrected chi connectivity index (χ1v) is 5.90. The van der Waals surface area contributed by atoms with E-state index < -0.39 is 0 Å². The number of hydrogen-bond donors (Lipinski definition) is 4. The summed E-state index contributed by atoms with van der Waals surface area (Å²) in [6.07, 6.45) is 1.71. The van der Waals surface area contributed by atoms with Crippen LogP contribution in [0.2, 0.25) is 5.02 Å². The summed E-state index contributed by atoms with van der Waals surface area (Å²) in [6, 6.07) is 4.91. The van der Waals surface area contributed by atoms with Crippen molar-refractivity contribution in [2.75, 3.05) is 5.32 Å². The molecule has 102 valence electrons. The Labute approximate surface area is 116 Å². The SMILES string of the molecule is C/C=C(\C)C(=O)Nc1cc(Cl)ccc1/C(=N/N)NN. The Balaban J connectivity index is 3.18. The molecule has 0 aliphatic rings. The molecule has 0 atom stereocenters. The van der Waals surface area contributed by atoms with Crippen molar-refractivity contribution in [2.24, 2.45) is 16.8 Å². The summed E-state index contributed by atoms with van der Waals surface area (Å²) in [6.45, 7) is 3.49. The molecule has 0 bridgehead atoms. The number of nitrogens with zero attached hydrogens (tertiary/aromatic N) is 1. The number of amides is 1. The number of allylic oxidation sites excluding steroid dienone is 1. The molecule has 0 spiro atoms. The zero-order valence-electron chi connectivity index (χ0n) is 10.7. The number of amidine groups is 1. The monoisotopic (exact) mass is 281 g/mol. The predicted octanol–water partition coefficient (Wildman–Crippen LogP) is 1.33. The largest absolute Gasteiger partial charge is 0.322 e. The molecule has 0 saturated carbocycles. The van der Waals surface area contributed by atoms with Crippen molar-refractivity contribution in [3.63, 3.8) is 0 Å². The van der Waals surface area contributed by atoms with Gasteiger partial charge in [0.05, 0.1) is 5.69 Å². The van der Waals surface area contributed by atoms with Crippen molar-refractivity contribution in [3.05, 3.63) is 40.4 Å². The normalized spacial score (nSPS) is 12.2. The van der Waals surface area contributed by atoms with Gasteiger partial charge in [0.15, 0.2) is 5.84 Å². The molecule has 1 aromatic rings. The van der Waals surface area contributed by atoms with Crippen LogP contribution in [0.5, 0.6) is 0 Å². The predicted molar refractivity (Wildman–Crippen MR) is 77.6 cm³/mol. The van der Waals surface area contributed by atoms with Crippen LogP contribution in [0.4, 0.5) is 5.69 Å². The van der Waals surface area contributed by atoms with Crippen LogP contribution in [0.15, 0.2) is 34.9 Å². The fourth-order valence-corrected chi connectivity index (χ4v) is 1.54. The lowest BCUT2D eigenvalue weighted by Crippen LogP contribution is -2.33. The number of hydrogen-bond acceptors (Lipinski definition) is 4. The van der Waals surface area contributed by atoms with E-state index in [1.54, 1.807) is 38.1 Å². The van der Waals surface area contributed by atoms with Gasteiger partial charge in [-0.3, -0.25) is 4.79 Å². The molecule has 6 N–H and O–H groups in total. The van der Waals surface area contributed by atoms with E-state index in [1.165, 1.54) is 0 Å². The second-order valence-corrected chi connectivity index (χ2v) is 4.17. The minimum atomic E-state index is -0.237. The Bertz CT molecular complexity index is 539. The molecule has 0 unspecified atom stereocenters. The quantitative estimate of drug-likeness (QED) is 0.220. The second-order valence-electron chi connectivity index (χ2n) is 3.74. The van der Waals surface area contributed by atoms with Gasteiger partial charge in [-0.05, 0) is 32.0 Å². The molecule has 19 heavy (non-hydrogen) atoms. The lowest BCUT2D eigenvalue weighted by molar-refractivity contribution is -0.112. The van der Waals surface area contributed by atoms with Crippen LogP contribution in [-0.4, -0.2) is 11.7 Å². The molecule has 0 aliphatic carbocycles. The first-order chi connectivity index (χ1) is 9.03. The van der Waals surface area contributed by atoms with Gasteiger partial charge in [0, 0.05) is 16.2 Å². The second kappa shape index (κ2) is 6.77. The molecule has 1 amide bonds. The van der Waals surface area contributed by atoms with Crippen molar-refractivity contribution in [1.82, 2.24) is 5.43 Å². The summed E-state index contributed by atoms with van der Waals surface area (Å²) in [4.78, 5) is 11.9. The third kappa shape index (κ3) is 3.70. The number of rotatable bonds is 3. The van der Waals surface area contributed by atoms with Crippen molar-refractivity contribution in [2.45, 2.75) is 13.8 Å². The summed E-state index contributed by atoms with van der Waals surface area (Å²) >= 11 is 5.92. The standard InChI is InChI=1S/C12H16ClN5O/c1-3-7(2)12(19)16-10-6-8(13)4-5-9(10)11(17-14)18-15/h3-6H,14-15H2,1-2H3,(H,16,19)(H,17,18)/b7-3+. The summed E-state index contributed by atoms with van der Waals surface area (Å²) in [7, 11) is 0. The minimum Gasteiger partial charge on any atom is -0.322 e. The lowest BCUT2D eigenvalue weighted by Gasteiger charge is -2.12. The molecule has 0 aliphatic heterocycles. The van der Waals surface area contributed by atoms with Gasteiger partial charge in [0.2, 0.25) is 0 Å². The van der Waals surface area contributed by atoms with Crippen molar-refractivity contribution < 1.29 is 4.79 Å². The molecule has 0 heterocycles. The van der Waals surface area contributed by atoms with Gasteiger partial charge >= 0.3 is 0 Å². The van der Waals surface area contributed by atoms with Crippen LogP contribution in [0.25, 0.3) is 0 Å². The van der Waals surface area contributed by atoms with E-state index in [0.717, 1.165) is 0 Å². The van der Waals surface area contributed by atoms with Crippen molar-refractivity contribution in [3.8, 4) is 0 Å². The molecule has 1 rings (SSSR count). The average Bonchev–Trinajstić information content (AvgIpc) is 2.41. The summed E-state index contributed by atoms with van der Waals surface area (Å²) in [5.41, 5.74) is 3.96. The number of nitrogens with one attached hydrogen (secondary N) is 2. The summed E-state index contributed by atoms with van der Waals surface area (Å²) in [5, 5.41) is 6.72. The maximum atomic E-state index is 11.9. The summed E-state index contributed by atoms with van der Waals surface area (Å²) < 4.78 is 0. The van der Waals surface area contributed by atoms with Crippen LogP contribution < -0.4 is 22.4 Å². The molecular formula is C12H16ClN5O. The Kier molecular flexibility index (Phi) is 5.35. The van der Waals surface area contributed by atoms with Gasteiger partial charge in [-0.2, -0.15) is 5.10 Å². The number of halogens is 1. The zero-order chi connectivity index (χ0) is 14.4. The third-order valence-electron chi connectivity index (χ3n) is 2.54. The number of benzene rings is 1. The highest BCUT2D eigenvalue weighted by Crippen LogP contribution is 2.21. The molecule has 0 radical (unpaired) electrons. The fraction of sp³-hybridized carbons (Fsp3) is 0.167. The number of hydrazine groups is 1. The van der Waals surface area contributed by atoms with E-state index in [9.17, 15) is 4.79 Å². The van der Waals surface area contributed by atoms with E-state index in [-0.39, 0.29) is 11.7 Å². The van der Waals surface area contributed by atoms with Crippen LogP contribution in [0, 0.1) is 0 Å². The molecule has 6 nitrogen and oxygen atoms in total. The van der Waals surface area contributed by atoms with Gasteiger partial charge in [-0.25, -0.2) is 5.84 Å². The fourth-order valence-electron chi connectivity index (χ4n) is 1.36. The average molecular weight is 282 g/mol. The van der Waals surface area contributed by atoms with Gasteiger partial charge < -0.3 is 16.6 Å². The lowest BCUT2D eigenvalue weighted by atomic mass is 10.1. The number of carbonyl (C=O) groups is 1. The molecule has 1 aromatic carbocycles. The number of carbonyl (C=O) groups excluding carboxylic acids is 1. The highest BCUT2D eigenvalue weighted by molar-refractivity contribution is 6.31. The van der Waals surface area contributed by atoms with Crippen LogP contribution in [0.3, 0.4) is 0 Å². The molecule has 0 aromatic heterocycles. The van der Waals surface area contributed by atoms with Gasteiger partial charge in [0.1, 0.15) is 0 Å². The Morgan fingerprint density at radius 1 is 1.47 bits per heavy atom. The topological polar surface area (TPSA) is 106 Å². The highest BCUT2D eigenvalue weighted by atomic mass is 35.5. The van der Waals surface area contributed by atoms with Gasteiger partial charge in [0.25, 0.3) is 5.91 Å². The first-order valence-electron chi connectivity index (χ1n) is 5.52. The van der Waals surface area contributed by atoms with E-state index in [2.05, 4.69) is 15.8 Å². The number of anilines is 1. The van der Waals surface area contributed by atoms with E-state index in [4.69, 9.17) is 23.3 Å². The molecule has 0 saturated heterocycles. The Hall–Kier alpha value is -2.05. The third-order valence-corrected chi connectivity index (χ3v) is 2.78. The van der Waals surface area contributed by atoms with Crippen LogP contribution >= 0.6 is 11.6 Å². The number of hydrazone groups is 1. The van der Waals surface area contributed by atoms with Crippen LogP contribution in [-0.2, 0) is 4.79 Å². The Morgan fingerprint density at radius 2 is 2.16 bits per heavy atom. The van der Waals surface area contributed by atoms with Crippen LogP contribution in [0.1, 0.15) is 19.4 Å². The van der Waals surface area contributed by atoms with Gasteiger partial charge in [-0.1, -0.05) is 17.7 Å². The first kappa shape index (κ1) is 15.0. The maximum Gasteiger partial charge on any atom is 0.250 e.